The Labute approximate surface area is 112 Å². The molecular weight excluding hydrogens is 298 g/mol. The van der Waals surface area contributed by atoms with E-state index >= 15 is 0 Å². The number of aromatic nitrogens is 1. The summed E-state index contributed by atoms with van der Waals surface area (Å²) in [6.45, 7) is 0. The van der Waals surface area contributed by atoms with Crippen LogP contribution in [0, 0.1) is 0 Å². The number of primary amides is 1. The lowest BCUT2D eigenvalue weighted by molar-refractivity contribution is 0.1000. The average Bonchev–Trinajstić information content (AvgIpc) is 2.28. The van der Waals surface area contributed by atoms with E-state index in [9.17, 15) is 4.79 Å². The summed E-state index contributed by atoms with van der Waals surface area (Å²) < 4.78 is 6.31. The summed E-state index contributed by atoms with van der Waals surface area (Å²) in [6.07, 6.45) is 1.36. The number of nitrogen functional groups attached to an aromatic ring is 1. The standard InChI is InChI=1S/C12H10BrN3O2/c13-8-3-9(14)5-10(4-8)18-11-2-1-7(6-16-11)12(15)17/h1-6H,14H2,(H2,15,17). The molecule has 92 valence electrons. The van der Waals surface area contributed by atoms with Gasteiger partial charge in [0.1, 0.15) is 5.75 Å². The van der Waals surface area contributed by atoms with Gasteiger partial charge in [0.15, 0.2) is 0 Å². The zero-order valence-electron chi connectivity index (χ0n) is 9.26. The van der Waals surface area contributed by atoms with Crippen LogP contribution in [0.1, 0.15) is 10.4 Å². The van der Waals surface area contributed by atoms with Gasteiger partial charge in [-0.15, -0.1) is 0 Å². The zero-order chi connectivity index (χ0) is 13.1. The van der Waals surface area contributed by atoms with Crippen molar-refractivity contribution in [1.29, 1.82) is 0 Å². The third-order valence-electron chi connectivity index (χ3n) is 2.14. The van der Waals surface area contributed by atoms with E-state index in [0.29, 0.717) is 22.9 Å². The second kappa shape index (κ2) is 5.05. The number of carbonyl (C=O) groups excluding carboxylic acids is 1. The second-order valence-corrected chi connectivity index (χ2v) is 4.49. The molecule has 2 aromatic rings. The number of benzene rings is 1. The van der Waals surface area contributed by atoms with Crippen LogP contribution in [0.15, 0.2) is 41.0 Å². The summed E-state index contributed by atoms with van der Waals surface area (Å²) in [5, 5.41) is 0. The SMILES string of the molecule is NC(=O)c1ccc(Oc2cc(N)cc(Br)c2)nc1. The zero-order valence-corrected chi connectivity index (χ0v) is 10.8. The monoisotopic (exact) mass is 307 g/mol. The predicted molar refractivity (Wildman–Crippen MR) is 71.4 cm³/mol. The van der Waals surface area contributed by atoms with Crippen molar-refractivity contribution >= 4 is 27.5 Å². The number of pyridine rings is 1. The maximum absolute atomic E-state index is 10.9. The summed E-state index contributed by atoms with van der Waals surface area (Å²) >= 11 is 3.32. The maximum atomic E-state index is 10.9. The Kier molecular flexibility index (Phi) is 3.47. The molecule has 0 bridgehead atoms. The van der Waals surface area contributed by atoms with Crippen molar-refractivity contribution in [3.8, 4) is 11.6 Å². The van der Waals surface area contributed by atoms with Crippen molar-refractivity contribution in [3.05, 3.63) is 46.6 Å². The third-order valence-corrected chi connectivity index (χ3v) is 2.59. The van der Waals surface area contributed by atoms with Gasteiger partial charge in [-0.1, -0.05) is 15.9 Å². The van der Waals surface area contributed by atoms with E-state index in [1.807, 2.05) is 0 Å². The number of hydrogen-bond acceptors (Lipinski definition) is 4. The first-order valence-corrected chi connectivity index (χ1v) is 5.83. The van der Waals surface area contributed by atoms with Crippen molar-refractivity contribution in [1.82, 2.24) is 4.98 Å². The average molecular weight is 308 g/mol. The summed E-state index contributed by atoms with van der Waals surface area (Å²) in [4.78, 5) is 14.9. The second-order valence-electron chi connectivity index (χ2n) is 3.57. The third kappa shape index (κ3) is 2.98. The van der Waals surface area contributed by atoms with Crippen molar-refractivity contribution in [2.45, 2.75) is 0 Å². The summed E-state index contributed by atoms with van der Waals surface area (Å²) in [5.74, 6) is 0.388. The van der Waals surface area contributed by atoms with Crippen LogP contribution in [0.25, 0.3) is 0 Å². The smallest absolute Gasteiger partial charge is 0.250 e. The molecule has 1 aromatic carbocycles. The van der Waals surface area contributed by atoms with Crippen LogP contribution in [0.5, 0.6) is 11.6 Å². The van der Waals surface area contributed by atoms with Gasteiger partial charge in [0, 0.05) is 28.5 Å². The molecule has 0 atom stereocenters. The predicted octanol–water partition coefficient (Wildman–Crippen LogP) is 2.32. The van der Waals surface area contributed by atoms with Gasteiger partial charge in [0.2, 0.25) is 11.8 Å². The van der Waals surface area contributed by atoms with Crippen LogP contribution in [0.4, 0.5) is 5.69 Å². The van der Waals surface area contributed by atoms with E-state index in [4.69, 9.17) is 16.2 Å². The van der Waals surface area contributed by atoms with Crippen molar-refractivity contribution in [3.63, 3.8) is 0 Å². The first-order chi connectivity index (χ1) is 8.54. The topological polar surface area (TPSA) is 91.2 Å². The number of nitrogens with zero attached hydrogens (tertiary/aromatic N) is 1. The largest absolute Gasteiger partial charge is 0.439 e. The van der Waals surface area contributed by atoms with Crippen LogP contribution < -0.4 is 16.2 Å². The van der Waals surface area contributed by atoms with Gasteiger partial charge < -0.3 is 16.2 Å². The van der Waals surface area contributed by atoms with E-state index < -0.39 is 5.91 Å². The van der Waals surface area contributed by atoms with Gasteiger partial charge in [-0.25, -0.2) is 4.98 Å². The van der Waals surface area contributed by atoms with E-state index in [1.165, 1.54) is 6.20 Å². The highest BCUT2D eigenvalue weighted by atomic mass is 79.9. The number of halogens is 1. The molecule has 0 unspecified atom stereocenters. The number of hydrogen-bond donors (Lipinski definition) is 2. The minimum atomic E-state index is -0.527. The fourth-order valence-corrected chi connectivity index (χ4v) is 1.84. The van der Waals surface area contributed by atoms with Crippen LogP contribution >= 0.6 is 15.9 Å². The molecular formula is C12H10BrN3O2. The molecule has 0 fully saturated rings. The number of nitrogens with two attached hydrogens (primary N) is 2. The highest BCUT2D eigenvalue weighted by Crippen LogP contribution is 2.26. The van der Waals surface area contributed by atoms with Gasteiger partial charge in [-0.2, -0.15) is 0 Å². The fraction of sp³-hybridized carbons (Fsp3) is 0. The molecule has 5 nitrogen and oxygen atoms in total. The summed E-state index contributed by atoms with van der Waals surface area (Å²) in [6, 6.07) is 8.31. The van der Waals surface area contributed by atoms with Gasteiger partial charge in [0.05, 0.1) is 5.56 Å². The maximum Gasteiger partial charge on any atom is 0.250 e. The van der Waals surface area contributed by atoms with Crippen molar-refractivity contribution < 1.29 is 9.53 Å². The molecule has 0 spiro atoms. The Morgan fingerprint density at radius 2 is 2.06 bits per heavy atom. The Balaban J connectivity index is 2.20. The lowest BCUT2D eigenvalue weighted by Crippen LogP contribution is -2.10. The molecule has 1 aromatic heterocycles. The number of amides is 1. The van der Waals surface area contributed by atoms with Crippen molar-refractivity contribution in [2.75, 3.05) is 5.73 Å². The van der Waals surface area contributed by atoms with Crippen LogP contribution in [-0.2, 0) is 0 Å². The van der Waals surface area contributed by atoms with E-state index in [-0.39, 0.29) is 0 Å². The Morgan fingerprint density at radius 3 is 2.61 bits per heavy atom. The molecule has 2 rings (SSSR count). The van der Waals surface area contributed by atoms with Gasteiger partial charge in [-0.05, 0) is 18.2 Å². The summed E-state index contributed by atoms with van der Waals surface area (Å²) in [7, 11) is 0. The molecule has 0 saturated heterocycles. The molecule has 0 saturated carbocycles. The van der Waals surface area contributed by atoms with Crippen LogP contribution in [-0.4, -0.2) is 10.9 Å². The van der Waals surface area contributed by atoms with Gasteiger partial charge in [0.25, 0.3) is 0 Å². The number of rotatable bonds is 3. The van der Waals surface area contributed by atoms with Gasteiger partial charge >= 0.3 is 0 Å². The fourth-order valence-electron chi connectivity index (χ4n) is 1.35. The highest BCUT2D eigenvalue weighted by Gasteiger charge is 2.04. The molecule has 0 aliphatic carbocycles. The summed E-state index contributed by atoms with van der Waals surface area (Å²) in [5.41, 5.74) is 11.7. The van der Waals surface area contributed by atoms with E-state index in [0.717, 1.165) is 4.47 Å². The Hall–Kier alpha value is -2.08. The minimum Gasteiger partial charge on any atom is -0.439 e. The molecule has 1 heterocycles. The number of carbonyl (C=O) groups is 1. The van der Waals surface area contributed by atoms with E-state index in [2.05, 4.69) is 20.9 Å². The first-order valence-electron chi connectivity index (χ1n) is 5.04. The highest BCUT2D eigenvalue weighted by molar-refractivity contribution is 9.10. The Bertz CT molecular complexity index is 564. The molecule has 6 heteroatoms. The quantitative estimate of drug-likeness (QED) is 0.851. The molecule has 0 radical (unpaired) electrons. The lowest BCUT2D eigenvalue weighted by Gasteiger charge is -2.06. The Morgan fingerprint density at radius 1 is 1.28 bits per heavy atom. The molecule has 0 aliphatic heterocycles. The molecule has 18 heavy (non-hydrogen) atoms. The normalized spacial score (nSPS) is 10.1. The first kappa shape index (κ1) is 12.4. The minimum absolute atomic E-state index is 0.330. The van der Waals surface area contributed by atoms with Gasteiger partial charge in [-0.3, -0.25) is 4.79 Å². The van der Waals surface area contributed by atoms with Crippen LogP contribution in [0.2, 0.25) is 0 Å². The van der Waals surface area contributed by atoms with E-state index in [1.54, 1.807) is 30.3 Å². The van der Waals surface area contributed by atoms with Crippen molar-refractivity contribution in [2.24, 2.45) is 5.73 Å². The molecule has 0 aliphatic rings. The number of anilines is 1. The van der Waals surface area contributed by atoms with Crippen LogP contribution in [0.3, 0.4) is 0 Å². The molecule has 1 amide bonds. The lowest BCUT2D eigenvalue weighted by atomic mass is 10.3. The molecule has 4 N–H and O–H groups in total. The number of ether oxygens (including phenoxy) is 1.